The first-order valence-electron chi connectivity index (χ1n) is 18.1. The van der Waals surface area contributed by atoms with Gasteiger partial charge in [-0.3, -0.25) is 14.6 Å². The Morgan fingerprint density at radius 3 is 2.49 bits per heavy atom. The van der Waals surface area contributed by atoms with Gasteiger partial charge in [-0.1, -0.05) is 44.2 Å². The van der Waals surface area contributed by atoms with Gasteiger partial charge < -0.3 is 24.4 Å². The maximum absolute atomic E-state index is 14.3. The van der Waals surface area contributed by atoms with Gasteiger partial charge in [0.05, 0.1) is 30.0 Å². The lowest BCUT2D eigenvalue weighted by atomic mass is 9.86. The van der Waals surface area contributed by atoms with Crippen molar-refractivity contribution in [2.75, 3.05) is 27.2 Å². The highest BCUT2D eigenvalue weighted by Gasteiger charge is 2.36. The van der Waals surface area contributed by atoms with Crippen molar-refractivity contribution in [3.05, 3.63) is 82.3 Å². The maximum Gasteiger partial charge on any atom is 0.308 e. The minimum Gasteiger partial charge on any atom is -0.460 e. The highest BCUT2D eigenvalue weighted by molar-refractivity contribution is 5.96. The lowest BCUT2D eigenvalue weighted by molar-refractivity contribution is -0.290. The van der Waals surface area contributed by atoms with Gasteiger partial charge in [-0.25, -0.2) is 4.39 Å². The van der Waals surface area contributed by atoms with Gasteiger partial charge in [0.2, 0.25) is 0 Å². The van der Waals surface area contributed by atoms with E-state index in [2.05, 4.69) is 31.3 Å². The molecule has 274 valence electrons. The Hall–Kier alpha value is -3.92. The minimum atomic E-state index is -0.910. The number of halogens is 1. The molecule has 0 unspecified atom stereocenters. The number of hydrogen-bond donors (Lipinski definition) is 1. The number of hydrogen-bond acceptors (Lipinski definition) is 7. The van der Waals surface area contributed by atoms with Crippen LogP contribution in [0.15, 0.2) is 48.5 Å². The Bertz CT molecular complexity index is 1760. The van der Waals surface area contributed by atoms with Crippen LogP contribution in [0.25, 0.3) is 28.5 Å². The molecule has 1 aliphatic carbocycles. The summed E-state index contributed by atoms with van der Waals surface area (Å²) in [6, 6.07) is 12.6. The number of fused-ring (bicyclic) bond motifs is 3. The van der Waals surface area contributed by atoms with Crippen LogP contribution in [-0.2, 0) is 31.8 Å². The maximum atomic E-state index is 14.3. The van der Waals surface area contributed by atoms with Crippen molar-refractivity contribution in [1.82, 2.24) is 15.2 Å². The van der Waals surface area contributed by atoms with E-state index in [4.69, 9.17) is 19.2 Å². The first-order chi connectivity index (χ1) is 24.0. The Kier molecular flexibility index (Phi) is 11.8. The molecular formula is C42H54FN3O5. The lowest BCUT2D eigenvalue weighted by Crippen LogP contribution is -2.45. The number of benzene rings is 2. The number of carbonyl (C=O) groups excluding carboxylic acids is 2. The lowest BCUT2D eigenvalue weighted by Gasteiger charge is -2.40. The minimum absolute atomic E-state index is 0.0466. The molecule has 2 aliphatic rings. The molecule has 9 heteroatoms. The quantitative estimate of drug-likeness (QED) is 0.214. The summed E-state index contributed by atoms with van der Waals surface area (Å²) in [5.74, 6) is -1.59. The predicted octanol–water partition coefficient (Wildman–Crippen LogP) is 8.11. The van der Waals surface area contributed by atoms with Crippen molar-refractivity contribution in [3.8, 4) is 22.4 Å². The predicted molar refractivity (Wildman–Crippen MR) is 200 cm³/mol. The normalized spacial score (nSPS) is 18.7. The number of likely N-dealkylation sites (N-methyl/N-ethyl adjacent to an activating group) is 1. The van der Waals surface area contributed by atoms with Gasteiger partial charge in [0.25, 0.3) is 5.91 Å². The molecule has 2 heterocycles. The van der Waals surface area contributed by atoms with Crippen LogP contribution in [0.3, 0.4) is 0 Å². The Labute approximate surface area is 302 Å². The first-order valence-corrected chi connectivity index (χ1v) is 18.1. The largest absolute Gasteiger partial charge is 0.460 e. The van der Waals surface area contributed by atoms with Crippen LogP contribution in [0.5, 0.6) is 0 Å². The molecule has 2 aromatic carbocycles. The van der Waals surface area contributed by atoms with Crippen molar-refractivity contribution >= 4 is 18.0 Å². The number of carbonyl (C=O) groups is 2. The molecule has 8 nitrogen and oxygen atoms in total. The molecule has 51 heavy (non-hydrogen) atoms. The summed E-state index contributed by atoms with van der Waals surface area (Å²) < 4.78 is 32.4. The van der Waals surface area contributed by atoms with E-state index in [1.54, 1.807) is 0 Å². The first kappa shape index (κ1) is 38.3. The third kappa shape index (κ3) is 9.90. The Balaban J connectivity index is 1.59. The fraction of sp³-hybridized carbons (Fsp3) is 0.500. The van der Waals surface area contributed by atoms with Crippen LogP contribution in [0.2, 0.25) is 0 Å². The van der Waals surface area contributed by atoms with E-state index in [0.717, 1.165) is 70.6 Å². The zero-order valence-corrected chi connectivity index (χ0v) is 31.7. The van der Waals surface area contributed by atoms with Gasteiger partial charge in [0.15, 0.2) is 5.79 Å². The van der Waals surface area contributed by atoms with Crippen LogP contribution in [-0.4, -0.2) is 72.5 Å². The summed E-state index contributed by atoms with van der Waals surface area (Å²) in [5.41, 5.74) is 7.82. The SMILES string of the molecule is CC(C)c1nc2c(c(-c3ccc(F)cc3)c1/C=C/[C@@H]1C[C@H](CC(=O)OC(C)(C)C)OC(C)(C)O1)CCCc1ccc(C(=O)NCCN(C)C)cc1-2. The molecule has 0 radical (unpaired) electrons. The van der Waals surface area contributed by atoms with Gasteiger partial charge in [0.1, 0.15) is 11.4 Å². The summed E-state index contributed by atoms with van der Waals surface area (Å²) in [6.45, 7) is 14.8. The molecule has 5 rings (SSSR count). The van der Waals surface area contributed by atoms with E-state index in [1.807, 2.05) is 84.0 Å². The van der Waals surface area contributed by atoms with Gasteiger partial charge in [0, 0.05) is 36.2 Å². The molecular weight excluding hydrogens is 645 g/mol. The van der Waals surface area contributed by atoms with Crippen LogP contribution >= 0.6 is 0 Å². The highest BCUT2D eigenvalue weighted by Crippen LogP contribution is 2.42. The second-order valence-corrected chi connectivity index (χ2v) is 15.7. The summed E-state index contributed by atoms with van der Waals surface area (Å²) in [5, 5.41) is 3.04. The van der Waals surface area contributed by atoms with E-state index in [9.17, 15) is 14.0 Å². The molecule has 0 spiro atoms. The molecule has 3 aromatic rings. The number of nitrogens with zero attached hydrogens (tertiary/aromatic N) is 2. The van der Waals surface area contributed by atoms with E-state index in [0.29, 0.717) is 18.5 Å². The summed E-state index contributed by atoms with van der Waals surface area (Å²) >= 11 is 0. The summed E-state index contributed by atoms with van der Waals surface area (Å²) in [7, 11) is 3.96. The van der Waals surface area contributed by atoms with E-state index in [-0.39, 0.29) is 42.2 Å². The molecule has 2 atom stereocenters. The number of pyridine rings is 1. The molecule has 1 N–H and O–H groups in total. The van der Waals surface area contributed by atoms with Crippen LogP contribution in [0.4, 0.5) is 4.39 Å². The zero-order valence-electron chi connectivity index (χ0n) is 31.7. The molecule has 0 saturated carbocycles. The second-order valence-electron chi connectivity index (χ2n) is 15.7. The van der Waals surface area contributed by atoms with Crippen LogP contribution in [0, 0.1) is 5.82 Å². The molecule has 1 aromatic heterocycles. The van der Waals surface area contributed by atoms with E-state index < -0.39 is 11.4 Å². The van der Waals surface area contributed by atoms with Gasteiger partial charge >= 0.3 is 5.97 Å². The zero-order chi connectivity index (χ0) is 37.1. The van der Waals surface area contributed by atoms with E-state index >= 15 is 0 Å². The van der Waals surface area contributed by atoms with Crippen LogP contribution < -0.4 is 5.32 Å². The van der Waals surface area contributed by atoms with Crippen molar-refractivity contribution in [1.29, 1.82) is 0 Å². The third-order valence-corrected chi connectivity index (χ3v) is 9.06. The Morgan fingerprint density at radius 2 is 1.82 bits per heavy atom. The number of amides is 1. The molecule has 0 bridgehead atoms. The second kappa shape index (κ2) is 15.8. The van der Waals surface area contributed by atoms with Crippen LogP contribution in [0.1, 0.15) is 106 Å². The smallest absolute Gasteiger partial charge is 0.308 e. The average molecular weight is 700 g/mol. The number of aromatic nitrogens is 1. The number of rotatable bonds is 10. The topological polar surface area (TPSA) is 90.0 Å². The molecule has 1 amide bonds. The third-order valence-electron chi connectivity index (χ3n) is 9.06. The molecule has 1 aliphatic heterocycles. The average Bonchev–Trinajstić information content (AvgIpc) is 3.20. The molecule has 1 fully saturated rings. The van der Waals surface area contributed by atoms with Crippen molar-refractivity contribution < 1.29 is 28.2 Å². The number of nitrogens with one attached hydrogen (secondary N) is 1. The van der Waals surface area contributed by atoms with Gasteiger partial charge in [-0.05, 0) is 120 Å². The fourth-order valence-corrected chi connectivity index (χ4v) is 6.95. The van der Waals surface area contributed by atoms with Crippen molar-refractivity contribution in [2.45, 2.75) is 110 Å². The summed E-state index contributed by atoms with van der Waals surface area (Å²) in [4.78, 5) is 33.4. The molecule has 1 saturated heterocycles. The van der Waals surface area contributed by atoms with Crippen molar-refractivity contribution in [3.63, 3.8) is 0 Å². The number of ether oxygens (including phenoxy) is 3. The summed E-state index contributed by atoms with van der Waals surface area (Å²) in [6.07, 6.45) is 6.53. The van der Waals surface area contributed by atoms with Crippen molar-refractivity contribution in [2.24, 2.45) is 0 Å². The Morgan fingerprint density at radius 1 is 1.10 bits per heavy atom. The highest BCUT2D eigenvalue weighted by atomic mass is 19.1. The van der Waals surface area contributed by atoms with Gasteiger partial charge in [-0.15, -0.1) is 0 Å². The number of aryl methyl sites for hydroxylation is 1. The monoisotopic (exact) mass is 699 g/mol. The number of esters is 1. The fourth-order valence-electron chi connectivity index (χ4n) is 6.95. The van der Waals surface area contributed by atoms with Gasteiger partial charge in [-0.2, -0.15) is 0 Å². The van der Waals surface area contributed by atoms with E-state index in [1.165, 1.54) is 12.1 Å². The standard InChI is InChI=1S/C42H54FN3O5/c1-26(2)38-34(20-19-31-24-32(50-42(6,7)49-31)25-36(47)51-41(3,4)5)37(28-15-17-30(43)18-16-28)33-12-10-11-27-13-14-29(23-35(27)39(33)45-38)40(48)44-21-22-46(8)9/h13-20,23,26,31-32H,10-12,21-22,24-25H2,1-9H3,(H,44,48)/b20-19+/t31-,32-/m1/s1.